The summed E-state index contributed by atoms with van der Waals surface area (Å²) in [6, 6.07) is 15.1. The zero-order chi connectivity index (χ0) is 26.4. The summed E-state index contributed by atoms with van der Waals surface area (Å²) in [6.07, 6.45) is 2.24. The van der Waals surface area contributed by atoms with E-state index in [1.54, 1.807) is 35.4 Å². The average Bonchev–Trinajstić information content (AvgIpc) is 3.39. The summed E-state index contributed by atoms with van der Waals surface area (Å²) in [6.45, 7) is 4.87. The molecule has 0 radical (unpaired) electrons. The molecule has 1 aromatic heterocycles. The molecule has 9 heteroatoms. The highest BCUT2D eigenvalue weighted by molar-refractivity contribution is 5.93. The quantitative estimate of drug-likeness (QED) is 0.432. The number of nitrogens with zero attached hydrogens (tertiary/aromatic N) is 2. The minimum absolute atomic E-state index is 0.167. The monoisotopic (exact) mass is 503 g/mol. The Morgan fingerprint density at radius 1 is 1.14 bits per heavy atom. The van der Waals surface area contributed by atoms with Crippen molar-refractivity contribution in [2.75, 3.05) is 18.9 Å². The van der Waals surface area contributed by atoms with Crippen molar-refractivity contribution in [3.8, 4) is 0 Å². The molecule has 0 spiro atoms. The Hall–Kier alpha value is -4.14. The van der Waals surface area contributed by atoms with Crippen molar-refractivity contribution in [2.45, 2.75) is 45.3 Å². The van der Waals surface area contributed by atoms with Crippen molar-refractivity contribution in [3.63, 3.8) is 0 Å². The lowest BCUT2D eigenvalue weighted by Crippen LogP contribution is -2.50. The van der Waals surface area contributed by atoms with Crippen LogP contribution in [-0.2, 0) is 20.9 Å². The fraction of sp³-hybridized carbons (Fsp3) is 0.357. The molecule has 1 saturated heterocycles. The molecular weight excluding hydrogens is 470 g/mol. The van der Waals surface area contributed by atoms with Crippen LogP contribution in [0.15, 0.2) is 60.8 Å². The molecule has 3 amide bonds. The standard InChI is InChI=1S/C28H33N5O4/c1-18(2)17-37-28(36)32-24(20-7-4-3-5-8-20)27(35)33-14-6-9-23(33)26(34)31-16-19-10-11-22-21(15-19)12-13-30-25(22)29/h3-5,7-8,10-13,15,18,23-24H,6,9,14,16-17H2,1-2H3,(H2,29,30)(H,31,34)(H,32,36)/t23-,24+/m0/s1. The number of nitrogens with two attached hydrogens (primary N) is 1. The largest absolute Gasteiger partial charge is 0.449 e. The first-order valence-corrected chi connectivity index (χ1v) is 12.5. The summed E-state index contributed by atoms with van der Waals surface area (Å²) in [4.78, 5) is 44.9. The van der Waals surface area contributed by atoms with Crippen LogP contribution in [0.1, 0.15) is 43.9 Å². The van der Waals surface area contributed by atoms with Crippen molar-refractivity contribution in [1.29, 1.82) is 0 Å². The number of rotatable bonds is 8. The molecule has 1 aliphatic heterocycles. The van der Waals surface area contributed by atoms with E-state index in [0.717, 1.165) is 16.3 Å². The predicted octanol–water partition coefficient (Wildman–Crippen LogP) is 3.55. The molecule has 1 fully saturated rings. The minimum atomic E-state index is -0.950. The summed E-state index contributed by atoms with van der Waals surface area (Å²) < 4.78 is 5.26. The van der Waals surface area contributed by atoms with Crippen molar-refractivity contribution in [1.82, 2.24) is 20.5 Å². The Kier molecular flexibility index (Phi) is 8.22. The molecule has 194 valence electrons. The SMILES string of the molecule is CC(C)COC(=O)N[C@@H](C(=O)N1CCC[C@H]1C(=O)NCc1ccc2c(N)nccc2c1)c1ccccc1. The van der Waals surface area contributed by atoms with Gasteiger partial charge in [0, 0.05) is 24.7 Å². The van der Waals surface area contributed by atoms with E-state index in [4.69, 9.17) is 10.5 Å². The highest BCUT2D eigenvalue weighted by atomic mass is 16.5. The summed E-state index contributed by atoms with van der Waals surface area (Å²) in [5.41, 5.74) is 7.47. The highest BCUT2D eigenvalue weighted by Crippen LogP contribution is 2.25. The maximum Gasteiger partial charge on any atom is 0.408 e. The third-order valence-electron chi connectivity index (χ3n) is 6.35. The second-order valence-corrected chi connectivity index (χ2v) is 9.64. The van der Waals surface area contributed by atoms with Crippen molar-refractivity contribution >= 4 is 34.5 Å². The first-order chi connectivity index (χ1) is 17.8. The van der Waals surface area contributed by atoms with Crippen molar-refractivity contribution < 1.29 is 19.1 Å². The summed E-state index contributed by atoms with van der Waals surface area (Å²) in [5.74, 6) is 0.0659. The molecule has 2 atom stereocenters. The number of aromatic nitrogens is 1. The van der Waals surface area contributed by atoms with Gasteiger partial charge in [-0.05, 0) is 47.4 Å². The normalized spacial score (nSPS) is 16.0. The van der Waals surface area contributed by atoms with E-state index >= 15 is 0 Å². The van der Waals surface area contributed by atoms with Gasteiger partial charge in [-0.25, -0.2) is 9.78 Å². The first-order valence-electron chi connectivity index (χ1n) is 12.5. The zero-order valence-electron chi connectivity index (χ0n) is 21.1. The van der Waals surface area contributed by atoms with Crippen LogP contribution in [0.4, 0.5) is 10.6 Å². The summed E-state index contributed by atoms with van der Waals surface area (Å²) in [5, 5.41) is 7.47. The van der Waals surface area contributed by atoms with E-state index in [0.29, 0.717) is 37.3 Å². The fourth-order valence-corrected chi connectivity index (χ4v) is 4.47. The number of ether oxygens (including phenoxy) is 1. The van der Waals surface area contributed by atoms with Gasteiger partial charge < -0.3 is 26.0 Å². The topological polar surface area (TPSA) is 127 Å². The third-order valence-corrected chi connectivity index (χ3v) is 6.35. The average molecular weight is 504 g/mol. The van der Waals surface area contributed by atoms with Crippen LogP contribution in [0.25, 0.3) is 10.8 Å². The Bertz CT molecular complexity index is 1260. The maximum atomic E-state index is 13.6. The lowest BCUT2D eigenvalue weighted by atomic mass is 10.0. The number of amides is 3. The molecule has 37 heavy (non-hydrogen) atoms. The van der Waals surface area contributed by atoms with E-state index in [1.165, 1.54) is 0 Å². The maximum absolute atomic E-state index is 13.6. The highest BCUT2D eigenvalue weighted by Gasteiger charge is 2.38. The van der Waals surface area contributed by atoms with Crippen molar-refractivity contribution in [2.24, 2.45) is 5.92 Å². The van der Waals surface area contributed by atoms with Gasteiger partial charge in [-0.2, -0.15) is 0 Å². The van der Waals surface area contributed by atoms with Gasteiger partial charge in [0.25, 0.3) is 5.91 Å². The van der Waals surface area contributed by atoms with Crippen LogP contribution in [0.5, 0.6) is 0 Å². The molecule has 0 unspecified atom stereocenters. The van der Waals surface area contributed by atoms with Gasteiger partial charge in [0.15, 0.2) is 0 Å². The number of carbonyl (C=O) groups excluding carboxylic acids is 3. The molecule has 4 rings (SSSR count). The second-order valence-electron chi connectivity index (χ2n) is 9.64. The number of anilines is 1. The van der Waals surface area contributed by atoms with Gasteiger partial charge >= 0.3 is 6.09 Å². The minimum Gasteiger partial charge on any atom is -0.449 e. The van der Waals surface area contributed by atoms with Crippen molar-refractivity contribution in [3.05, 3.63) is 71.9 Å². The van der Waals surface area contributed by atoms with E-state index in [2.05, 4.69) is 15.6 Å². The van der Waals surface area contributed by atoms with Gasteiger partial charge in [0.1, 0.15) is 17.9 Å². The number of nitrogens with one attached hydrogen (secondary N) is 2. The molecule has 1 aliphatic rings. The number of hydrogen-bond donors (Lipinski definition) is 3. The molecule has 3 aromatic rings. The Balaban J connectivity index is 1.45. The molecular formula is C28H33N5O4. The zero-order valence-corrected chi connectivity index (χ0v) is 21.1. The molecule has 9 nitrogen and oxygen atoms in total. The molecule has 2 heterocycles. The first kappa shape index (κ1) is 25.9. The Labute approximate surface area is 216 Å². The van der Waals surface area contributed by atoms with E-state index in [1.807, 2.05) is 44.2 Å². The van der Waals surface area contributed by atoms with Gasteiger partial charge in [-0.15, -0.1) is 0 Å². The van der Waals surface area contributed by atoms with Gasteiger partial charge in [0.2, 0.25) is 5.91 Å². The molecule has 0 aliphatic carbocycles. The van der Waals surface area contributed by atoms with Crippen LogP contribution in [-0.4, -0.2) is 47.0 Å². The van der Waals surface area contributed by atoms with E-state index in [9.17, 15) is 14.4 Å². The number of pyridine rings is 1. The van der Waals surface area contributed by atoms with Crippen LogP contribution in [0.3, 0.4) is 0 Å². The van der Waals surface area contributed by atoms with Gasteiger partial charge in [-0.1, -0.05) is 56.3 Å². The van der Waals surface area contributed by atoms with Gasteiger partial charge in [-0.3, -0.25) is 9.59 Å². The second kappa shape index (κ2) is 11.7. The molecule has 0 bridgehead atoms. The molecule has 0 saturated carbocycles. The van der Waals surface area contributed by atoms with E-state index in [-0.39, 0.29) is 24.3 Å². The fourth-order valence-electron chi connectivity index (χ4n) is 4.47. The smallest absolute Gasteiger partial charge is 0.408 e. The lowest BCUT2D eigenvalue weighted by molar-refractivity contribution is -0.140. The molecule has 2 aromatic carbocycles. The van der Waals surface area contributed by atoms with E-state index < -0.39 is 18.2 Å². The summed E-state index contributed by atoms with van der Waals surface area (Å²) >= 11 is 0. The molecule has 4 N–H and O–H groups in total. The number of carbonyl (C=O) groups is 3. The third kappa shape index (κ3) is 6.35. The predicted molar refractivity (Wildman–Crippen MR) is 141 cm³/mol. The van der Waals surface area contributed by atoms with Crippen LogP contribution < -0.4 is 16.4 Å². The number of alkyl carbamates (subject to hydrolysis) is 1. The van der Waals surface area contributed by atoms with Crippen LogP contribution in [0.2, 0.25) is 0 Å². The number of hydrogen-bond acceptors (Lipinski definition) is 6. The lowest BCUT2D eigenvalue weighted by Gasteiger charge is -2.29. The Morgan fingerprint density at radius 2 is 1.92 bits per heavy atom. The number of fused-ring (bicyclic) bond motifs is 1. The number of nitrogen functional groups attached to an aromatic ring is 1. The van der Waals surface area contributed by atoms with Gasteiger partial charge in [0.05, 0.1) is 6.61 Å². The Morgan fingerprint density at radius 3 is 2.68 bits per heavy atom. The van der Waals surface area contributed by atoms with Crippen LogP contribution >= 0.6 is 0 Å². The van der Waals surface area contributed by atoms with Crippen LogP contribution in [0, 0.1) is 5.92 Å². The number of likely N-dealkylation sites (tertiary alicyclic amines) is 1. The summed E-state index contributed by atoms with van der Waals surface area (Å²) in [7, 11) is 0. The number of benzene rings is 2.